The first-order chi connectivity index (χ1) is 9.99. The second-order valence-corrected chi connectivity index (χ2v) is 5.39. The van der Waals surface area contributed by atoms with Gasteiger partial charge in [-0.25, -0.2) is 0 Å². The van der Waals surface area contributed by atoms with E-state index in [0.717, 1.165) is 24.4 Å². The number of hydrogen-bond acceptors (Lipinski definition) is 3. The molecule has 0 aliphatic rings. The number of carbonyl (C=O) groups is 1. The molecule has 0 saturated carbocycles. The van der Waals surface area contributed by atoms with Crippen molar-refractivity contribution in [3.63, 3.8) is 0 Å². The lowest BCUT2D eigenvalue weighted by molar-refractivity contribution is -0.133. The molecule has 0 spiro atoms. The van der Waals surface area contributed by atoms with E-state index in [1.165, 1.54) is 0 Å². The van der Waals surface area contributed by atoms with Crippen molar-refractivity contribution in [2.75, 3.05) is 33.3 Å². The lowest BCUT2D eigenvalue weighted by Crippen LogP contribution is -2.44. The summed E-state index contributed by atoms with van der Waals surface area (Å²) in [7, 11) is 1.84. The van der Waals surface area contributed by atoms with E-state index >= 15 is 0 Å². The summed E-state index contributed by atoms with van der Waals surface area (Å²) in [5.41, 5.74) is 1.11. The van der Waals surface area contributed by atoms with Gasteiger partial charge in [-0.15, -0.1) is 0 Å². The Labute approximate surface area is 128 Å². The third-order valence-corrected chi connectivity index (χ3v) is 3.88. The molecule has 0 aliphatic carbocycles. The van der Waals surface area contributed by atoms with Crippen LogP contribution in [0, 0.1) is 6.92 Å². The standard InChI is InChI=1S/C17H28N2O2/c1-6-19(7-2)12-17(20)18(5)15(4)13-21-16-11-9-8-10-14(16)3/h8-11,15H,6-7,12-13H2,1-5H3. The maximum Gasteiger partial charge on any atom is 0.236 e. The lowest BCUT2D eigenvalue weighted by Gasteiger charge is -2.28. The fourth-order valence-corrected chi connectivity index (χ4v) is 2.04. The van der Waals surface area contributed by atoms with Gasteiger partial charge in [0.15, 0.2) is 0 Å². The first-order valence-electron chi connectivity index (χ1n) is 7.66. The van der Waals surface area contributed by atoms with Gasteiger partial charge in [-0.2, -0.15) is 0 Å². The second-order valence-electron chi connectivity index (χ2n) is 5.39. The lowest BCUT2D eigenvalue weighted by atomic mass is 10.2. The van der Waals surface area contributed by atoms with Crippen molar-refractivity contribution in [3.8, 4) is 5.75 Å². The van der Waals surface area contributed by atoms with Gasteiger partial charge < -0.3 is 9.64 Å². The number of carbonyl (C=O) groups excluding carboxylic acids is 1. The number of rotatable bonds is 8. The Morgan fingerprint density at radius 2 is 1.86 bits per heavy atom. The summed E-state index contributed by atoms with van der Waals surface area (Å²) in [6.45, 7) is 10.9. The number of amides is 1. The van der Waals surface area contributed by atoms with Crippen LogP contribution in [0.1, 0.15) is 26.3 Å². The first kappa shape index (κ1) is 17.5. The maximum atomic E-state index is 12.2. The fraction of sp³-hybridized carbons (Fsp3) is 0.588. The molecule has 1 aromatic rings. The largest absolute Gasteiger partial charge is 0.491 e. The highest BCUT2D eigenvalue weighted by Gasteiger charge is 2.18. The molecule has 0 radical (unpaired) electrons. The van der Waals surface area contributed by atoms with Crippen molar-refractivity contribution in [1.82, 2.24) is 9.80 Å². The van der Waals surface area contributed by atoms with Crippen LogP contribution in [0.3, 0.4) is 0 Å². The molecule has 1 atom stereocenters. The van der Waals surface area contributed by atoms with Gasteiger partial charge in [-0.1, -0.05) is 32.0 Å². The molecule has 0 N–H and O–H groups in total. The van der Waals surface area contributed by atoms with Crippen LogP contribution in [0.2, 0.25) is 0 Å². The highest BCUT2D eigenvalue weighted by molar-refractivity contribution is 5.78. The van der Waals surface area contributed by atoms with E-state index in [4.69, 9.17) is 4.74 Å². The van der Waals surface area contributed by atoms with E-state index in [1.54, 1.807) is 4.90 Å². The van der Waals surface area contributed by atoms with Crippen molar-refractivity contribution in [2.45, 2.75) is 33.7 Å². The minimum absolute atomic E-state index is 0.0488. The molecule has 0 heterocycles. The number of likely N-dealkylation sites (N-methyl/N-ethyl adjacent to an activating group) is 2. The molecule has 21 heavy (non-hydrogen) atoms. The zero-order chi connectivity index (χ0) is 15.8. The molecule has 118 valence electrons. The summed E-state index contributed by atoms with van der Waals surface area (Å²) in [6, 6.07) is 7.98. The quantitative estimate of drug-likeness (QED) is 0.738. The van der Waals surface area contributed by atoms with Gasteiger partial charge in [0.2, 0.25) is 5.91 Å². The van der Waals surface area contributed by atoms with Crippen LogP contribution >= 0.6 is 0 Å². The van der Waals surface area contributed by atoms with Crippen LogP contribution in [0.5, 0.6) is 5.75 Å². The monoisotopic (exact) mass is 292 g/mol. The van der Waals surface area contributed by atoms with Crippen molar-refractivity contribution in [1.29, 1.82) is 0 Å². The van der Waals surface area contributed by atoms with Crippen LogP contribution in [0.25, 0.3) is 0 Å². The van der Waals surface area contributed by atoms with E-state index in [9.17, 15) is 4.79 Å². The normalized spacial score (nSPS) is 12.3. The minimum atomic E-state index is 0.0488. The Hall–Kier alpha value is -1.55. The number of aryl methyl sites for hydroxylation is 1. The molecule has 0 saturated heterocycles. The van der Waals surface area contributed by atoms with Crippen LogP contribution < -0.4 is 4.74 Å². The summed E-state index contributed by atoms with van der Waals surface area (Å²) in [6.07, 6.45) is 0. The van der Waals surface area contributed by atoms with Crippen LogP contribution in [0.15, 0.2) is 24.3 Å². The predicted molar refractivity (Wildman–Crippen MR) is 86.7 cm³/mol. The molecule has 4 heteroatoms. The third-order valence-electron chi connectivity index (χ3n) is 3.88. The van der Waals surface area contributed by atoms with E-state index in [2.05, 4.69) is 18.7 Å². The number of para-hydroxylation sites is 1. The molecule has 1 rings (SSSR count). The zero-order valence-corrected chi connectivity index (χ0v) is 13.9. The molecule has 0 fully saturated rings. The van der Waals surface area contributed by atoms with E-state index in [1.807, 2.05) is 45.2 Å². The third kappa shape index (κ3) is 5.38. The van der Waals surface area contributed by atoms with Crippen molar-refractivity contribution in [3.05, 3.63) is 29.8 Å². The highest BCUT2D eigenvalue weighted by Crippen LogP contribution is 2.16. The van der Waals surface area contributed by atoms with Crippen molar-refractivity contribution in [2.24, 2.45) is 0 Å². The zero-order valence-electron chi connectivity index (χ0n) is 13.9. The van der Waals surface area contributed by atoms with E-state index < -0.39 is 0 Å². The van der Waals surface area contributed by atoms with Crippen molar-refractivity contribution >= 4 is 5.91 Å². The average Bonchev–Trinajstić information content (AvgIpc) is 2.50. The molecule has 0 aromatic heterocycles. The van der Waals surface area contributed by atoms with Gasteiger partial charge in [0.05, 0.1) is 12.6 Å². The summed E-state index contributed by atoms with van der Waals surface area (Å²) < 4.78 is 5.82. The van der Waals surface area contributed by atoms with Gasteiger partial charge in [-0.05, 0) is 38.6 Å². The summed E-state index contributed by atoms with van der Waals surface area (Å²) in [5, 5.41) is 0. The maximum absolute atomic E-state index is 12.2. The summed E-state index contributed by atoms with van der Waals surface area (Å²) >= 11 is 0. The number of benzene rings is 1. The number of hydrogen-bond donors (Lipinski definition) is 0. The van der Waals surface area contributed by atoms with Crippen molar-refractivity contribution < 1.29 is 9.53 Å². The smallest absolute Gasteiger partial charge is 0.236 e. The van der Waals surface area contributed by atoms with Crippen LogP contribution in [-0.2, 0) is 4.79 Å². The summed E-state index contributed by atoms with van der Waals surface area (Å²) in [5.74, 6) is 1.02. The van der Waals surface area contributed by atoms with Gasteiger partial charge in [0.1, 0.15) is 12.4 Å². The number of ether oxygens (including phenoxy) is 1. The predicted octanol–water partition coefficient (Wildman–Crippen LogP) is 2.56. The summed E-state index contributed by atoms with van der Waals surface area (Å²) in [4.78, 5) is 16.1. The molecule has 1 aromatic carbocycles. The molecule has 0 bridgehead atoms. The second kappa shape index (κ2) is 8.67. The Bertz CT molecular complexity index is 444. The number of nitrogens with zero attached hydrogens (tertiary/aromatic N) is 2. The molecule has 4 nitrogen and oxygen atoms in total. The molecule has 0 aliphatic heterocycles. The Kier molecular flexibility index (Phi) is 7.23. The SMILES string of the molecule is CCN(CC)CC(=O)N(C)C(C)COc1ccccc1C. The van der Waals surface area contributed by atoms with Crippen LogP contribution in [0.4, 0.5) is 0 Å². The van der Waals surface area contributed by atoms with Crippen LogP contribution in [-0.4, -0.2) is 55.0 Å². The molecule has 1 amide bonds. The topological polar surface area (TPSA) is 32.8 Å². The first-order valence-corrected chi connectivity index (χ1v) is 7.66. The van der Waals surface area contributed by atoms with E-state index in [-0.39, 0.29) is 11.9 Å². The average molecular weight is 292 g/mol. The molecular weight excluding hydrogens is 264 g/mol. The minimum Gasteiger partial charge on any atom is -0.491 e. The molecular formula is C17H28N2O2. The van der Waals surface area contributed by atoms with Gasteiger partial charge in [0, 0.05) is 7.05 Å². The Morgan fingerprint density at radius 3 is 2.43 bits per heavy atom. The van der Waals surface area contributed by atoms with E-state index in [0.29, 0.717) is 13.2 Å². The van der Waals surface area contributed by atoms with Gasteiger partial charge >= 0.3 is 0 Å². The van der Waals surface area contributed by atoms with Gasteiger partial charge in [0.25, 0.3) is 0 Å². The molecule has 1 unspecified atom stereocenters. The Morgan fingerprint density at radius 1 is 1.24 bits per heavy atom. The van der Waals surface area contributed by atoms with Gasteiger partial charge in [-0.3, -0.25) is 9.69 Å². The Balaban J connectivity index is 2.49. The fourth-order valence-electron chi connectivity index (χ4n) is 2.04. The highest BCUT2D eigenvalue weighted by atomic mass is 16.5.